The van der Waals surface area contributed by atoms with Crippen LogP contribution < -0.4 is 9.46 Å². The Kier molecular flexibility index (Phi) is 6.97. The minimum absolute atomic E-state index is 0.121. The quantitative estimate of drug-likeness (QED) is 0.499. The van der Waals surface area contributed by atoms with Gasteiger partial charge in [-0.15, -0.1) is 0 Å². The molecular formula is C25H28N2O5S2. The number of fused-ring (bicyclic) bond motifs is 1. The summed E-state index contributed by atoms with van der Waals surface area (Å²) in [6, 6.07) is 19.9. The van der Waals surface area contributed by atoms with Crippen molar-refractivity contribution in [2.75, 3.05) is 17.9 Å². The molecular weight excluding hydrogens is 472 g/mol. The third kappa shape index (κ3) is 5.43. The largest absolute Gasteiger partial charge is 0.493 e. The number of anilines is 1. The monoisotopic (exact) mass is 500 g/mol. The molecule has 0 radical (unpaired) electrons. The molecule has 4 rings (SSSR count). The van der Waals surface area contributed by atoms with Crippen molar-refractivity contribution in [1.82, 2.24) is 4.31 Å². The molecule has 0 amide bonds. The molecule has 1 aliphatic rings. The highest BCUT2D eigenvalue weighted by molar-refractivity contribution is 7.92. The van der Waals surface area contributed by atoms with Crippen molar-refractivity contribution in [3.05, 3.63) is 83.9 Å². The van der Waals surface area contributed by atoms with Gasteiger partial charge < -0.3 is 4.74 Å². The van der Waals surface area contributed by atoms with Gasteiger partial charge in [-0.2, -0.15) is 4.31 Å². The van der Waals surface area contributed by atoms with Crippen LogP contribution in [0.4, 0.5) is 5.69 Å². The summed E-state index contributed by atoms with van der Waals surface area (Å²) in [5.74, 6) is 0.980. The van der Waals surface area contributed by atoms with Gasteiger partial charge in [0.25, 0.3) is 10.0 Å². The van der Waals surface area contributed by atoms with Crippen molar-refractivity contribution in [2.45, 2.75) is 36.6 Å². The molecule has 1 N–H and O–H groups in total. The molecule has 0 saturated heterocycles. The molecule has 0 spiro atoms. The van der Waals surface area contributed by atoms with Gasteiger partial charge in [-0.3, -0.25) is 4.72 Å². The van der Waals surface area contributed by atoms with Gasteiger partial charge in [0, 0.05) is 18.8 Å². The van der Waals surface area contributed by atoms with Crippen molar-refractivity contribution in [1.29, 1.82) is 0 Å². The van der Waals surface area contributed by atoms with E-state index in [0.717, 1.165) is 11.1 Å². The fourth-order valence-corrected chi connectivity index (χ4v) is 6.22. The number of nitrogens with one attached hydrogen (secondary N) is 1. The Bertz CT molecular complexity index is 1350. The minimum Gasteiger partial charge on any atom is -0.493 e. The van der Waals surface area contributed by atoms with Crippen LogP contribution in [0.15, 0.2) is 82.6 Å². The molecule has 3 aromatic rings. The van der Waals surface area contributed by atoms with Crippen LogP contribution in [0.2, 0.25) is 0 Å². The summed E-state index contributed by atoms with van der Waals surface area (Å²) in [5, 5.41) is 0. The topological polar surface area (TPSA) is 92.8 Å². The lowest BCUT2D eigenvalue weighted by molar-refractivity contribution is 0.271. The van der Waals surface area contributed by atoms with Crippen molar-refractivity contribution in [2.24, 2.45) is 5.92 Å². The molecule has 3 aromatic carbocycles. The molecule has 1 heterocycles. The smallest absolute Gasteiger partial charge is 0.261 e. The van der Waals surface area contributed by atoms with E-state index in [0.29, 0.717) is 36.9 Å². The van der Waals surface area contributed by atoms with E-state index in [4.69, 9.17) is 4.74 Å². The number of sulfonamides is 2. The second kappa shape index (κ2) is 9.77. The first-order valence-corrected chi connectivity index (χ1v) is 14.0. The minimum atomic E-state index is -3.81. The van der Waals surface area contributed by atoms with Crippen LogP contribution in [0.1, 0.15) is 25.0 Å². The number of benzene rings is 3. The number of rotatable bonds is 8. The van der Waals surface area contributed by atoms with E-state index < -0.39 is 20.0 Å². The maximum Gasteiger partial charge on any atom is 0.261 e. The third-order valence-electron chi connectivity index (χ3n) is 5.53. The van der Waals surface area contributed by atoms with Crippen LogP contribution in [0.25, 0.3) is 0 Å². The summed E-state index contributed by atoms with van der Waals surface area (Å²) >= 11 is 0. The van der Waals surface area contributed by atoms with E-state index in [1.54, 1.807) is 54.6 Å². The van der Waals surface area contributed by atoms with Gasteiger partial charge in [-0.1, -0.05) is 38.1 Å². The second-order valence-electron chi connectivity index (χ2n) is 8.67. The normalized spacial score (nSPS) is 14.6. The van der Waals surface area contributed by atoms with E-state index in [-0.39, 0.29) is 16.3 Å². The van der Waals surface area contributed by atoms with Crippen LogP contribution >= 0.6 is 0 Å². The lowest BCUT2D eigenvalue weighted by atomic mass is 10.0. The molecule has 1 aliphatic heterocycles. The van der Waals surface area contributed by atoms with Crippen LogP contribution in [0, 0.1) is 5.92 Å². The average Bonchev–Trinajstić information content (AvgIpc) is 2.83. The first kappa shape index (κ1) is 24.3. The van der Waals surface area contributed by atoms with E-state index in [9.17, 15) is 16.8 Å². The summed E-state index contributed by atoms with van der Waals surface area (Å²) in [5.41, 5.74) is 2.18. The molecule has 0 aliphatic carbocycles. The van der Waals surface area contributed by atoms with Crippen molar-refractivity contribution >= 4 is 25.7 Å². The van der Waals surface area contributed by atoms with Crippen LogP contribution in [-0.2, 0) is 33.0 Å². The molecule has 180 valence electrons. The summed E-state index contributed by atoms with van der Waals surface area (Å²) in [6.07, 6.45) is 0.562. The summed E-state index contributed by atoms with van der Waals surface area (Å²) in [4.78, 5) is 0.367. The standard InChI is InChI=1S/C25H28N2O5S2/c1-19(2)18-32-23-10-12-24(13-11-23)33(28,29)26-22-9-8-20-14-15-27(17-21(20)16-22)34(30,31)25-6-4-3-5-7-25/h3-13,16,19,26H,14-15,17-18H2,1-2H3. The highest BCUT2D eigenvalue weighted by atomic mass is 32.2. The SMILES string of the molecule is CC(C)COc1ccc(S(=O)(=O)Nc2ccc3c(c2)CN(S(=O)(=O)c2ccccc2)CC3)cc1. The fraction of sp³-hybridized carbons (Fsp3) is 0.280. The molecule has 34 heavy (non-hydrogen) atoms. The Morgan fingerprint density at radius 1 is 0.882 bits per heavy atom. The maximum absolute atomic E-state index is 13.0. The predicted octanol–water partition coefficient (Wildman–Crippen LogP) is 4.27. The van der Waals surface area contributed by atoms with Crippen LogP contribution in [-0.4, -0.2) is 34.3 Å². The van der Waals surface area contributed by atoms with Crippen LogP contribution in [0.5, 0.6) is 5.75 Å². The van der Waals surface area contributed by atoms with Gasteiger partial charge in [0.15, 0.2) is 0 Å². The predicted molar refractivity (Wildman–Crippen MR) is 132 cm³/mol. The van der Waals surface area contributed by atoms with Crippen LogP contribution in [0.3, 0.4) is 0 Å². The number of hydrogen-bond donors (Lipinski definition) is 1. The lowest BCUT2D eigenvalue weighted by Crippen LogP contribution is -2.36. The zero-order valence-corrected chi connectivity index (χ0v) is 20.8. The van der Waals surface area contributed by atoms with E-state index in [1.807, 2.05) is 19.9 Å². The maximum atomic E-state index is 13.0. The Morgan fingerprint density at radius 2 is 1.59 bits per heavy atom. The van der Waals surface area contributed by atoms with Gasteiger partial charge in [-0.25, -0.2) is 16.8 Å². The Hall–Kier alpha value is -2.88. The van der Waals surface area contributed by atoms with Gasteiger partial charge in [-0.05, 0) is 72.0 Å². The fourth-order valence-electron chi connectivity index (χ4n) is 3.73. The molecule has 0 aromatic heterocycles. The second-order valence-corrected chi connectivity index (χ2v) is 12.3. The number of ether oxygens (including phenoxy) is 1. The van der Waals surface area contributed by atoms with E-state index in [2.05, 4.69) is 4.72 Å². The van der Waals surface area contributed by atoms with E-state index in [1.165, 1.54) is 16.4 Å². The lowest BCUT2D eigenvalue weighted by Gasteiger charge is -2.28. The van der Waals surface area contributed by atoms with E-state index >= 15 is 0 Å². The van der Waals surface area contributed by atoms with Gasteiger partial charge >= 0.3 is 0 Å². The molecule has 0 bridgehead atoms. The molecule has 9 heteroatoms. The summed E-state index contributed by atoms with van der Waals surface area (Å²) in [7, 11) is -7.44. The average molecular weight is 501 g/mol. The zero-order chi connectivity index (χ0) is 24.3. The molecule has 7 nitrogen and oxygen atoms in total. The zero-order valence-electron chi connectivity index (χ0n) is 19.1. The van der Waals surface area contributed by atoms with Crippen molar-refractivity contribution < 1.29 is 21.6 Å². The first-order chi connectivity index (χ1) is 16.1. The van der Waals surface area contributed by atoms with Gasteiger partial charge in [0.05, 0.1) is 16.4 Å². The third-order valence-corrected chi connectivity index (χ3v) is 8.79. The molecule has 0 saturated carbocycles. The van der Waals surface area contributed by atoms with Gasteiger partial charge in [0.1, 0.15) is 5.75 Å². The summed E-state index contributed by atoms with van der Waals surface area (Å²) in [6.45, 7) is 5.19. The number of hydrogen-bond acceptors (Lipinski definition) is 5. The first-order valence-electron chi connectivity index (χ1n) is 11.1. The highest BCUT2D eigenvalue weighted by Crippen LogP contribution is 2.28. The number of nitrogens with zero attached hydrogens (tertiary/aromatic N) is 1. The Morgan fingerprint density at radius 3 is 2.26 bits per heavy atom. The van der Waals surface area contributed by atoms with Crippen molar-refractivity contribution in [3.8, 4) is 5.75 Å². The molecule has 0 atom stereocenters. The molecule has 0 fully saturated rings. The Balaban J connectivity index is 1.50. The van der Waals surface area contributed by atoms with Gasteiger partial charge in [0.2, 0.25) is 10.0 Å². The summed E-state index contributed by atoms with van der Waals surface area (Å²) < 4.78 is 61.5. The van der Waals surface area contributed by atoms with Crippen molar-refractivity contribution in [3.63, 3.8) is 0 Å². The Labute approximate surface area is 201 Å². The molecule has 0 unspecified atom stereocenters. The highest BCUT2D eigenvalue weighted by Gasteiger charge is 2.28.